The van der Waals surface area contributed by atoms with Gasteiger partial charge in [0.2, 0.25) is 0 Å². The molecule has 0 aliphatic carbocycles. The fraction of sp³-hybridized carbons (Fsp3) is 0.500. The monoisotopic (exact) mass is 234 g/mol. The standard InChI is InChI=1S/C6H10O2P.Y/c1-6(4-7)5-9(2,3)8;/h1,5H2,2-3H3;/q-1;. The van der Waals surface area contributed by atoms with E-state index in [1.165, 1.54) is 0 Å². The molecule has 0 N–H and O–H groups in total. The summed E-state index contributed by atoms with van der Waals surface area (Å²) in [6.07, 6.45) is 1.89. The maximum atomic E-state index is 10.9. The van der Waals surface area contributed by atoms with Gasteiger partial charge in [0, 0.05) is 32.7 Å². The van der Waals surface area contributed by atoms with Crippen LogP contribution in [0.1, 0.15) is 0 Å². The van der Waals surface area contributed by atoms with Crippen molar-refractivity contribution in [3.05, 3.63) is 12.2 Å². The van der Waals surface area contributed by atoms with E-state index in [1.807, 2.05) is 0 Å². The predicted octanol–water partition coefficient (Wildman–Crippen LogP) is 1.27. The smallest absolute Gasteiger partial charge is 0.0832 e. The van der Waals surface area contributed by atoms with E-state index in [4.69, 9.17) is 0 Å². The van der Waals surface area contributed by atoms with Gasteiger partial charge in [-0.2, -0.15) is 5.57 Å². The van der Waals surface area contributed by atoms with Crippen molar-refractivity contribution in [1.29, 1.82) is 0 Å². The van der Waals surface area contributed by atoms with Crippen molar-refractivity contribution >= 4 is 13.4 Å². The minimum Gasteiger partial charge on any atom is -0.419 e. The van der Waals surface area contributed by atoms with Crippen LogP contribution in [0, 0.1) is 0 Å². The topological polar surface area (TPSA) is 34.1 Å². The zero-order chi connectivity index (χ0) is 7.49. The SMILES string of the molecule is C=C([C-]=O)CP(C)(C)=O.[Y]. The Kier molecular flexibility index (Phi) is 7.21. The molecule has 0 aromatic carbocycles. The summed E-state index contributed by atoms with van der Waals surface area (Å²) in [5.74, 6) is 0. The Labute approximate surface area is 86.7 Å². The summed E-state index contributed by atoms with van der Waals surface area (Å²) in [5.41, 5.74) is 0.295. The van der Waals surface area contributed by atoms with Crippen molar-refractivity contribution < 1.29 is 42.1 Å². The third-order valence-electron chi connectivity index (χ3n) is 0.716. The van der Waals surface area contributed by atoms with Gasteiger partial charge in [0.25, 0.3) is 0 Å². The molecule has 0 atom stereocenters. The molecule has 55 valence electrons. The average molecular weight is 234 g/mol. The molecule has 0 aromatic heterocycles. The van der Waals surface area contributed by atoms with Crippen molar-refractivity contribution in [2.24, 2.45) is 0 Å². The van der Waals surface area contributed by atoms with Crippen LogP contribution in [0.4, 0.5) is 0 Å². The molecular weight excluding hydrogens is 224 g/mol. The third-order valence-corrected chi connectivity index (χ3v) is 1.86. The van der Waals surface area contributed by atoms with Crippen LogP contribution in [0.25, 0.3) is 0 Å². The van der Waals surface area contributed by atoms with Gasteiger partial charge in [-0.3, -0.25) is 0 Å². The van der Waals surface area contributed by atoms with Crippen LogP contribution in [0.15, 0.2) is 12.2 Å². The van der Waals surface area contributed by atoms with Gasteiger partial charge in [0.05, 0.1) is 7.14 Å². The van der Waals surface area contributed by atoms with Crippen molar-refractivity contribution in [2.45, 2.75) is 0 Å². The first-order valence-corrected chi connectivity index (χ1v) is 5.34. The summed E-state index contributed by atoms with van der Waals surface area (Å²) in [5, 5.41) is 0. The second kappa shape index (κ2) is 5.40. The Bertz CT molecular complexity index is 171. The van der Waals surface area contributed by atoms with Crippen LogP contribution in [-0.2, 0) is 42.1 Å². The molecule has 0 spiro atoms. The number of allylic oxidation sites excluding steroid dienone is 1. The molecule has 0 saturated carbocycles. The second-order valence-corrected chi connectivity index (χ2v) is 5.90. The van der Waals surface area contributed by atoms with Gasteiger partial charge in [-0.05, 0) is 25.8 Å². The van der Waals surface area contributed by atoms with Gasteiger partial charge >= 0.3 is 0 Å². The average Bonchev–Trinajstić information content (AvgIpc) is 1.62. The minimum atomic E-state index is -2.10. The van der Waals surface area contributed by atoms with Crippen molar-refractivity contribution in [2.75, 3.05) is 19.5 Å². The maximum absolute atomic E-state index is 10.9. The molecule has 0 fully saturated rings. The quantitative estimate of drug-likeness (QED) is 0.418. The van der Waals surface area contributed by atoms with Crippen molar-refractivity contribution in [1.82, 2.24) is 0 Å². The molecule has 4 heteroatoms. The molecule has 0 heterocycles. The van der Waals surface area contributed by atoms with E-state index in [0.29, 0.717) is 5.57 Å². The number of hydrogen-bond donors (Lipinski definition) is 0. The molecule has 10 heavy (non-hydrogen) atoms. The summed E-state index contributed by atoms with van der Waals surface area (Å²) in [4.78, 5) is 9.84. The van der Waals surface area contributed by atoms with E-state index in [-0.39, 0.29) is 38.9 Å². The molecule has 0 rings (SSSR count). The van der Waals surface area contributed by atoms with Crippen LogP contribution in [0.3, 0.4) is 0 Å². The molecule has 0 unspecified atom stereocenters. The first-order valence-electron chi connectivity index (χ1n) is 2.55. The Morgan fingerprint density at radius 2 is 2.00 bits per heavy atom. The summed E-state index contributed by atoms with van der Waals surface area (Å²) < 4.78 is 10.9. The fourth-order valence-electron chi connectivity index (χ4n) is 0.492. The van der Waals surface area contributed by atoms with Crippen LogP contribution < -0.4 is 0 Å². The Hall–Kier alpha value is 0.744. The number of carbonyl (C=O) groups excluding carboxylic acids is 1. The normalized spacial score (nSPS) is 9.80. The molecule has 0 bridgehead atoms. The van der Waals surface area contributed by atoms with Crippen molar-refractivity contribution in [3.63, 3.8) is 0 Å². The number of hydrogen-bond acceptors (Lipinski definition) is 2. The molecular formula is C6H10O2PY-. The summed E-state index contributed by atoms with van der Waals surface area (Å²) >= 11 is 0. The largest absolute Gasteiger partial charge is 0.419 e. The first-order chi connectivity index (χ1) is 3.95. The molecule has 0 amide bonds. The molecule has 1 radical (unpaired) electrons. The van der Waals surface area contributed by atoms with E-state index in [1.54, 1.807) is 19.6 Å². The van der Waals surface area contributed by atoms with Gasteiger partial charge in [-0.25, -0.2) is 6.58 Å². The Morgan fingerprint density at radius 3 is 2.10 bits per heavy atom. The fourth-order valence-corrected chi connectivity index (χ4v) is 1.48. The van der Waals surface area contributed by atoms with Gasteiger partial charge in [0.1, 0.15) is 0 Å². The van der Waals surface area contributed by atoms with Crippen LogP contribution in [-0.4, -0.2) is 25.8 Å². The van der Waals surface area contributed by atoms with E-state index >= 15 is 0 Å². The summed E-state index contributed by atoms with van der Waals surface area (Å²) in [6.45, 7) is 6.60. The van der Waals surface area contributed by atoms with E-state index in [2.05, 4.69) is 6.58 Å². The van der Waals surface area contributed by atoms with E-state index in [0.717, 1.165) is 0 Å². The zero-order valence-electron chi connectivity index (χ0n) is 6.26. The molecule has 0 aromatic rings. The third kappa shape index (κ3) is 8.74. The predicted molar refractivity (Wildman–Crippen MR) is 39.2 cm³/mol. The van der Waals surface area contributed by atoms with Gasteiger partial charge in [0.15, 0.2) is 0 Å². The van der Waals surface area contributed by atoms with Crippen LogP contribution >= 0.6 is 7.14 Å². The zero-order valence-corrected chi connectivity index (χ0v) is 9.99. The molecule has 0 aliphatic heterocycles. The first kappa shape index (κ1) is 13.3. The van der Waals surface area contributed by atoms with Crippen LogP contribution in [0.5, 0.6) is 0 Å². The maximum Gasteiger partial charge on any atom is 0.0832 e. The van der Waals surface area contributed by atoms with Crippen molar-refractivity contribution in [3.8, 4) is 0 Å². The van der Waals surface area contributed by atoms with Crippen LogP contribution in [0.2, 0.25) is 0 Å². The van der Waals surface area contributed by atoms with E-state index < -0.39 is 7.14 Å². The van der Waals surface area contributed by atoms with Gasteiger partial charge in [-0.15, -0.1) is 0 Å². The molecule has 0 aliphatic rings. The molecule has 2 nitrogen and oxygen atoms in total. The minimum absolute atomic E-state index is 0. The number of rotatable bonds is 3. The summed E-state index contributed by atoms with van der Waals surface area (Å²) in [6, 6.07) is 0. The molecule has 0 saturated heterocycles. The van der Waals surface area contributed by atoms with Gasteiger partial charge < -0.3 is 9.36 Å². The summed E-state index contributed by atoms with van der Waals surface area (Å²) in [7, 11) is -2.10. The Morgan fingerprint density at radius 1 is 1.60 bits per heavy atom. The second-order valence-electron chi connectivity index (χ2n) is 2.44. The van der Waals surface area contributed by atoms with E-state index in [9.17, 15) is 9.36 Å². The Balaban J connectivity index is 0. The van der Waals surface area contributed by atoms with Gasteiger partial charge in [-0.1, -0.05) is 0 Å².